The highest BCUT2D eigenvalue weighted by Gasteiger charge is 2.23. The normalized spacial score (nSPS) is 13.2. The number of aryl methyl sites for hydroxylation is 1. The van der Waals surface area contributed by atoms with Crippen LogP contribution >= 0.6 is 0 Å². The molecule has 0 bridgehead atoms. The zero-order valence-corrected chi connectivity index (χ0v) is 15.5. The van der Waals surface area contributed by atoms with Crippen molar-refractivity contribution in [3.05, 3.63) is 59.3 Å². The molecule has 5 nitrogen and oxygen atoms in total. The van der Waals surface area contributed by atoms with Crippen LogP contribution in [0.25, 0.3) is 10.9 Å². The van der Waals surface area contributed by atoms with Gasteiger partial charge in [0.2, 0.25) is 6.41 Å². The molecule has 27 heavy (non-hydrogen) atoms. The Morgan fingerprint density at radius 2 is 1.96 bits per heavy atom. The van der Waals surface area contributed by atoms with Crippen molar-refractivity contribution in [2.45, 2.75) is 32.2 Å². The summed E-state index contributed by atoms with van der Waals surface area (Å²) in [6.07, 6.45) is 5.17. The second kappa shape index (κ2) is 7.74. The topological polar surface area (TPSA) is 52.5 Å². The Bertz CT molecular complexity index is 947. The fraction of sp³-hybridized carbons (Fsp3) is 0.318. The summed E-state index contributed by atoms with van der Waals surface area (Å²) in [5.74, 6) is 1.52. The van der Waals surface area contributed by atoms with Crippen molar-refractivity contribution in [3.8, 4) is 11.5 Å². The van der Waals surface area contributed by atoms with Gasteiger partial charge in [0.1, 0.15) is 11.5 Å². The Morgan fingerprint density at radius 1 is 1.15 bits per heavy atom. The molecule has 1 N–H and O–H groups in total. The predicted octanol–water partition coefficient (Wildman–Crippen LogP) is 3.66. The molecule has 140 valence electrons. The summed E-state index contributed by atoms with van der Waals surface area (Å²) in [5, 5.41) is 3.72. The Hall–Kier alpha value is -2.95. The van der Waals surface area contributed by atoms with Gasteiger partial charge in [-0.3, -0.25) is 4.79 Å². The van der Waals surface area contributed by atoms with E-state index in [4.69, 9.17) is 9.47 Å². The Kier molecular flexibility index (Phi) is 5.01. The summed E-state index contributed by atoms with van der Waals surface area (Å²) in [7, 11) is 1.67. The second-order valence-corrected chi connectivity index (χ2v) is 6.83. The Morgan fingerprint density at radius 3 is 2.74 bits per heavy atom. The minimum atomic E-state index is 0.143. The highest BCUT2D eigenvalue weighted by atomic mass is 16.5. The van der Waals surface area contributed by atoms with E-state index in [-0.39, 0.29) is 6.73 Å². The maximum atomic E-state index is 10.6. The molecule has 0 atom stereocenters. The van der Waals surface area contributed by atoms with Gasteiger partial charge in [-0.2, -0.15) is 0 Å². The van der Waals surface area contributed by atoms with Crippen molar-refractivity contribution in [3.63, 3.8) is 0 Å². The van der Waals surface area contributed by atoms with Gasteiger partial charge in [-0.05, 0) is 36.8 Å². The number of hydrogen-bond donors (Lipinski definition) is 1. The van der Waals surface area contributed by atoms with Gasteiger partial charge in [0.15, 0.2) is 6.73 Å². The molecule has 3 aromatic rings. The molecule has 0 fully saturated rings. The van der Waals surface area contributed by atoms with Crippen molar-refractivity contribution in [2.24, 2.45) is 0 Å². The Labute approximate surface area is 158 Å². The van der Waals surface area contributed by atoms with E-state index in [1.54, 1.807) is 7.11 Å². The number of benzene rings is 2. The van der Waals surface area contributed by atoms with Crippen LogP contribution in [0.1, 0.15) is 29.7 Å². The number of ether oxygens (including phenoxy) is 2. The molecule has 2 aromatic carbocycles. The number of hydrogen-bond acceptors (Lipinski definition) is 3. The predicted molar refractivity (Wildman–Crippen MR) is 105 cm³/mol. The lowest BCUT2D eigenvalue weighted by atomic mass is 9.95. The molecule has 1 amide bonds. The minimum absolute atomic E-state index is 0.143. The third-order valence-corrected chi connectivity index (χ3v) is 5.23. The molecule has 0 unspecified atom stereocenters. The number of carbonyl (C=O) groups excluding carboxylic acids is 1. The standard InChI is InChI=1S/C22H24N2O3/c1-26-17-11-20-22(21(12-17)27-15-23-14-25)18-9-5-6-10-19(18)24(20)13-16-7-3-2-4-8-16/h2-4,7-8,11-12,14H,5-6,9-10,13,15H2,1H3,(H,23,25). The van der Waals surface area contributed by atoms with Gasteiger partial charge in [-0.25, -0.2) is 0 Å². The largest absolute Gasteiger partial charge is 0.497 e. The van der Waals surface area contributed by atoms with E-state index >= 15 is 0 Å². The highest BCUT2D eigenvalue weighted by Crippen LogP contribution is 2.40. The maximum absolute atomic E-state index is 10.6. The van der Waals surface area contributed by atoms with E-state index in [0.717, 1.165) is 41.8 Å². The van der Waals surface area contributed by atoms with Crippen LogP contribution in [0.3, 0.4) is 0 Å². The first-order valence-corrected chi connectivity index (χ1v) is 9.37. The number of carbonyl (C=O) groups is 1. The van der Waals surface area contributed by atoms with E-state index in [1.165, 1.54) is 29.7 Å². The summed E-state index contributed by atoms with van der Waals surface area (Å²) in [6.45, 7) is 0.969. The monoisotopic (exact) mass is 364 g/mol. The summed E-state index contributed by atoms with van der Waals surface area (Å²) in [6, 6.07) is 14.5. The van der Waals surface area contributed by atoms with E-state index in [1.807, 2.05) is 12.1 Å². The summed E-state index contributed by atoms with van der Waals surface area (Å²) in [5.41, 5.74) is 5.17. The van der Waals surface area contributed by atoms with Crippen LogP contribution < -0.4 is 14.8 Å². The van der Waals surface area contributed by atoms with Crippen molar-refractivity contribution < 1.29 is 14.3 Å². The smallest absolute Gasteiger partial charge is 0.209 e. The number of aromatic nitrogens is 1. The number of methoxy groups -OCH3 is 1. The third kappa shape index (κ3) is 3.37. The van der Waals surface area contributed by atoms with Crippen LogP contribution in [-0.4, -0.2) is 24.8 Å². The lowest BCUT2D eigenvalue weighted by Crippen LogP contribution is -2.17. The number of nitrogens with zero attached hydrogens (tertiary/aromatic N) is 1. The zero-order valence-electron chi connectivity index (χ0n) is 15.5. The van der Waals surface area contributed by atoms with E-state index in [9.17, 15) is 4.79 Å². The molecule has 1 aromatic heterocycles. The maximum Gasteiger partial charge on any atom is 0.209 e. The van der Waals surface area contributed by atoms with Crippen LogP contribution in [0.2, 0.25) is 0 Å². The van der Waals surface area contributed by atoms with Gasteiger partial charge in [0.05, 0.1) is 12.6 Å². The second-order valence-electron chi connectivity index (χ2n) is 6.83. The average Bonchev–Trinajstić information content (AvgIpc) is 3.03. The van der Waals surface area contributed by atoms with Gasteiger partial charge in [-0.15, -0.1) is 0 Å². The van der Waals surface area contributed by atoms with Crippen LogP contribution in [-0.2, 0) is 24.2 Å². The number of nitrogens with one attached hydrogen (secondary N) is 1. The third-order valence-electron chi connectivity index (χ3n) is 5.23. The molecule has 4 rings (SSSR count). The molecule has 0 spiro atoms. The van der Waals surface area contributed by atoms with Crippen LogP contribution in [0.4, 0.5) is 0 Å². The quantitative estimate of drug-likeness (QED) is 0.395. The number of amides is 1. The molecule has 5 heteroatoms. The van der Waals surface area contributed by atoms with Crippen LogP contribution in [0.5, 0.6) is 11.5 Å². The van der Waals surface area contributed by atoms with E-state index in [2.05, 4.69) is 40.2 Å². The highest BCUT2D eigenvalue weighted by molar-refractivity contribution is 5.93. The molecular formula is C22H24N2O3. The molecule has 0 saturated carbocycles. The average molecular weight is 364 g/mol. The molecule has 1 aliphatic rings. The number of rotatable bonds is 7. The molecule has 1 aliphatic carbocycles. The van der Waals surface area contributed by atoms with Gasteiger partial charge in [-0.1, -0.05) is 30.3 Å². The first-order valence-electron chi connectivity index (χ1n) is 9.37. The van der Waals surface area contributed by atoms with Crippen molar-refractivity contribution >= 4 is 17.3 Å². The van der Waals surface area contributed by atoms with Crippen LogP contribution in [0, 0.1) is 0 Å². The zero-order chi connectivity index (χ0) is 18.6. The summed E-state index contributed by atoms with van der Waals surface area (Å²) >= 11 is 0. The first kappa shape index (κ1) is 17.5. The minimum Gasteiger partial charge on any atom is -0.497 e. The Balaban J connectivity index is 1.88. The lowest BCUT2D eigenvalue weighted by Gasteiger charge is -2.16. The summed E-state index contributed by atoms with van der Waals surface area (Å²) in [4.78, 5) is 10.6. The van der Waals surface area contributed by atoms with E-state index < -0.39 is 0 Å². The molecule has 0 aliphatic heterocycles. The van der Waals surface area contributed by atoms with Gasteiger partial charge in [0, 0.05) is 29.8 Å². The van der Waals surface area contributed by atoms with Gasteiger partial charge in [0.25, 0.3) is 0 Å². The first-order chi connectivity index (χ1) is 13.3. The van der Waals surface area contributed by atoms with Gasteiger partial charge >= 0.3 is 0 Å². The fourth-order valence-electron chi connectivity index (χ4n) is 4.03. The van der Waals surface area contributed by atoms with Crippen LogP contribution in [0.15, 0.2) is 42.5 Å². The molecule has 0 radical (unpaired) electrons. The van der Waals surface area contributed by atoms with Crippen molar-refractivity contribution in [1.29, 1.82) is 0 Å². The summed E-state index contributed by atoms with van der Waals surface area (Å²) < 4.78 is 13.8. The van der Waals surface area contributed by atoms with Crippen molar-refractivity contribution in [1.82, 2.24) is 9.88 Å². The van der Waals surface area contributed by atoms with Gasteiger partial charge < -0.3 is 19.4 Å². The van der Waals surface area contributed by atoms with Crippen molar-refractivity contribution in [2.75, 3.05) is 13.8 Å². The number of fused-ring (bicyclic) bond motifs is 3. The fourth-order valence-corrected chi connectivity index (χ4v) is 4.03. The molecule has 1 heterocycles. The SMILES string of the molecule is COc1cc(OCNC=O)c2c3c(n(Cc4ccccc4)c2c1)CCCC3. The van der Waals surface area contributed by atoms with E-state index in [0.29, 0.717) is 6.41 Å². The lowest BCUT2D eigenvalue weighted by molar-refractivity contribution is -0.110. The molecular weight excluding hydrogens is 340 g/mol. The molecule has 0 saturated heterocycles.